The highest BCUT2D eigenvalue weighted by Gasteiger charge is 2.17. The number of likely N-dealkylation sites (N-methyl/N-ethyl adjacent to an activating group) is 1. The standard InChI is InChI=1S/C24H30N4O4/c1-28(2)20(21-7-4-13-30-21)17-26-24(25-11-10-19-6-3-12-29-19)27-18-8-9-22-23(16-18)32-15-5-14-31-22/h3-4,6-9,12-13,16,20H,5,10-11,14-15,17H2,1-2H3,(H2,25,26,27). The molecule has 8 nitrogen and oxygen atoms in total. The lowest BCUT2D eigenvalue weighted by Gasteiger charge is -2.21. The van der Waals surface area contributed by atoms with Crippen molar-refractivity contribution in [2.24, 2.45) is 4.99 Å². The summed E-state index contributed by atoms with van der Waals surface area (Å²) in [5.74, 6) is 3.98. The summed E-state index contributed by atoms with van der Waals surface area (Å²) in [6, 6.07) is 13.6. The highest BCUT2D eigenvalue weighted by Crippen LogP contribution is 2.32. The van der Waals surface area contributed by atoms with Gasteiger partial charge in [0, 0.05) is 31.1 Å². The number of benzene rings is 1. The molecule has 2 N–H and O–H groups in total. The van der Waals surface area contributed by atoms with Gasteiger partial charge in [0.25, 0.3) is 0 Å². The molecular weight excluding hydrogens is 408 g/mol. The second-order valence-corrected chi connectivity index (χ2v) is 7.78. The van der Waals surface area contributed by atoms with Crippen molar-refractivity contribution in [3.63, 3.8) is 0 Å². The minimum Gasteiger partial charge on any atom is -0.490 e. The molecule has 32 heavy (non-hydrogen) atoms. The molecule has 1 atom stereocenters. The molecule has 0 bridgehead atoms. The van der Waals surface area contributed by atoms with E-state index in [0.717, 1.165) is 41.5 Å². The summed E-state index contributed by atoms with van der Waals surface area (Å²) >= 11 is 0. The normalized spacial score (nSPS) is 14.8. The van der Waals surface area contributed by atoms with Crippen LogP contribution in [0.15, 0.2) is 68.8 Å². The number of fused-ring (bicyclic) bond motifs is 1. The zero-order valence-corrected chi connectivity index (χ0v) is 18.5. The molecule has 3 heterocycles. The first-order chi connectivity index (χ1) is 15.7. The van der Waals surface area contributed by atoms with E-state index in [-0.39, 0.29) is 6.04 Å². The van der Waals surface area contributed by atoms with Crippen LogP contribution in [-0.2, 0) is 6.42 Å². The maximum atomic E-state index is 5.82. The molecule has 170 valence electrons. The third kappa shape index (κ3) is 5.85. The Hall–Kier alpha value is -3.39. The molecule has 2 aromatic heterocycles. The average Bonchev–Trinajstić information content (AvgIpc) is 3.45. The molecule has 1 aliphatic rings. The molecule has 0 amide bonds. The van der Waals surface area contributed by atoms with Gasteiger partial charge in [0.1, 0.15) is 11.5 Å². The van der Waals surface area contributed by atoms with Crippen LogP contribution in [0.3, 0.4) is 0 Å². The van der Waals surface area contributed by atoms with Crippen molar-refractivity contribution in [2.75, 3.05) is 45.7 Å². The van der Waals surface area contributed by atoms with Gasteiger partial charge in [-0.05, 0) is 50.5 Å². The average molecular weight is 439 g/mol. The Balaban J connectivity index is 1.48. The Bertz CT molecular complexity index is 984. The Kier molecular flexibility index (Phi) is 7.34. The third-order valence-corrected chi connectivity index (χ3v) is 5.17. The van der Waals surface area contributed by atoms with Crippen LogP contribution in [0.5, 0.6) is 11.5 Å². The summed E-state index contributed by atoms with van der Waals surface area (Å²) in [6.07, 6.45) is 5.00. The maximum Gasteiger partial charge on any atom is 0.195 e. The molecule has 4 rings (SSSR count). The largest absolute Gasteiger partial charge is 0.490 e. The minimum atomic E-state index is 0.0254. The highest BCUT2D eigenvalue weighted by atomic mass is 16.5. The lowest BCUT2D eigenvalue weighted by Crippen LogP contribution is -2.33. The number of hydrogen-bond acceptors (Lipinski definition) is 6. The van der Waals surface area contributed by atoms with Gasteiger partial charge in [0.05, 0.1) is 38.3 Å². The number of anilines is 1. The third-order valence-electron chi connectivity index (χ3n) is 5.17. The van der Waals surface area contributed by atoms with Crippen molar-refractivity contribution in [1.29, 1.82) is 0 Å². The van der Waals surface area contributed by atoms with Gasteiger partial charge in [-0.15, -0.1) is 0 Å². The zero-order valence-electron chi connectivity index (χ0n) is 18.5. The molecule has 0 saturated carbocycles. The van der Waals surface area contributed by atoms with Crippen molar-refractivity contribution >= 4 is 11.6 Å². The first kappa shape index (κ1) is 21.8. The van der Waals surface area contributed by atoms with Crippen LogP contribution in [-0.4, -0.2) is 51.3 Å². The molecule has 0 saturated heterocycles. The van der Waals surface area contributed by atoms with Gasteiger partial charge in [0.15, 0.2) is 17.5 Å². The number of ether oxygens (including phenoxy) is 2. The van der Waals surface area contributed by atoms with Crippen molar-refractivity contribution in [2.45, 2.75) is 18.9 Å². The smallest absolute Gasteiger partial charge is 0.195 e. The van der Waals surface area contributed by atoms with Gasteiger partial charge in [-0.3, -0.25) is 9.89 Å². The summed E-state index contributed by atoms with van der Waals surface area (Å²) in [5, 5.41) is 6.79. The molecule has 0 fully saturated rings. The Morgan fingerprint density at radius 1 is 1.03 bits per heavy atom. The van der Waals surface area contributed by atoms with Gasteiger partial charge in [0.2, 0.25) is 0 Å². The fourth-order valence-corrected chi connectivity index (χ4v) is 3.44. The van der Waals surface area contributed by atoms with Gasteiger partial charge in [-0.2, -0.15) is 0 Å². The fourth-order valence-electron chi connectivity index (χ4n) is 3.44. The predicted octanol–water partition coefficient (Wildman–Crippen LogP) is 3.94. The summed E-state index contributed by atoms with van der Waals surface area (Å²) < 4.78 is 22.6. The second kappa shape index (κ2) is 10.8. The molecule has 1 aliphatic heterocycles. The minimum absolute atomic E-state index is 0.0254. The number of hydrogen-bond donors (Lipinski definition) is 2. The van der Waals surface area contributed by atoms with Crippen molar-refractivity contribution in [1.82, 2.24) is 10.2 Å². The van der Waals surface area contributed by atoms with Crippen LogP contribution < -0.4 is 20.1 Å². The molecular formula is C24H30N4O4. The number of rotatable bonds is 8. The Morgan fingerprint density at radius 2 is 1.84 bits per heavy atom. The Labute approximate surface area is 188 Å². The summed E-state index contributed by atoms with van der Waals surface area (Å²) in [4.78, 5) is 6.93. The quantitative estimate of drug-likeness (QED) is 0.407. The van der Waals surface area contributed by atoms with E-state index in [1.165, 1.54) is 0 Å². The summed E-state index contributed by atoms with van der Waals surface area (Å²) in [6.45, 7) is 2.52. The number of nitrogens with one attached hydrogen (secondary N) is 2. The molecule has 1 unspecified atom stereocenters. The van der Waals surface area contributed by atoms with Gasteiger partial charge >= 0.3 is 0 Å². The number of nitrogens with zero attached hydrogens (tertiary/aromatic N) is 2. The predicted molar refractivity (Wildman–Crippen MR) is 124 cm³/mol. The Morgan fingerprint density at radius 3 is 2.59 bits per heavy atom. The van der Waals surface area contributed by atoms with E-state index in [4.69, 9.17) is 23.3 Å². The van der Waals surface area contributed by atoms with Crippen molar-refractivity contribution in [3.05, 3.63) is 66.5 Å². The van der Waals surface area contributed by atoms with E-state index in [9.17, 15) is 0 Å². The molecule has 8 heteroatoms. The van der Waals surface area contributed by atoms with E-state index in [1.807, 2.05) is 56.6 Å². The second-order valence-electron chi connectivity index (χ2n) is 7.78. The monoisotopic (exact) mass is 438 g/mol. The first-order valence-corrected chi connectivity index (χ1v) is 10.9. The topological polar surface area (TPSA) is 84.4 Å². The summed E-state index contributed by atoms with van der Waals surface area (Å²) in [7, 11) is 4.04. The lowest BCUT2D eigenvalue weighted by molar-refractivity contribution is 0.265. The number of aliphatic imine (C=N–C) groups is 1. The van der Waals surface area contributed by atoms with Gasteiger partial charge in [-0.1, -0.05) is 0 Å². The van der Waals surface area contributed by atoms with Gasteiger partial charge in [-0.25, -0.2) is 0 Å². The van der Waals surface area contributed by atoms with Crippen LogP contribution in [0.1, 0.15) is 24.0 Å². The van der Waals surface area contributed by atoms with E-state index in [0.29, 0.717) is 32.3 Å². The maximum absolute atomic E-state index is 5.82. The van der Waals surface area contributed by atoms with Crippen LogP contribution in [0.2, 0.25) is 0 Å². The zero-order chi connectivity index (χ0) is 22.2. The number of guanidine groups is 1. The van der Waals surface area contributed by atoms with Crippen LogP contribution in [0.4, 0.5) is 5.69 Å². The van der Waals surface area contributed by atoms with Crippen LogP contribution in [0.25, 0.3) is 0 Å². The fraction of sp³-hybridized carbons (Fsp3) is 0.375. The van der Waals surface area contributed by atoms with E-state index in [1.54, 1.807) is 12.5 Å². The number of furan rings is 2. The van der Waals surface area contributed by atoms with E-state index < -0.39 is 0 Å². The van der Waals surface area contributed by atoms with Crippen molar-refractivity contribution < 1.29 is 18.3 Å². The molecule has 0 aliphatic carbocycles. The van der Waals surface area contributed by atoms with E-state index >= 15 is 0 Å². The molecule has 0 spiro atoms. The van der Waals surface area contributed by atoms with Gasteiger partial charge < -0.3 is 28.9 Å². The van der Waals surface area contributed by atoms with Crippen LogP contribution in [0, 0.1) is 0 Å². The lowest BCUT2D eigenvalue weighted by atomic mass is 10.2. The van der Waals surface area contributed by atoms with Crippen LogP contribution >= 0.6 is 0 Å². The molecule has 0 radical (unpaired) electrons. The molecule has 1 aromatic carbocycles. The molecule has 3 aromatic rings. The van der Waals surface area contributed by atoms with E-state index in [2.05, 4.69) is 15.5 Å². The SMILES string of the molecule is CN(C)C(CN=C(NCCc1ccco1)Nc1ccc2c(c1)OCCCO2)c1ccco1. The highest BCUT2D eigenvalue weighted by molar-refractivity contribution is 5.94. The first-order valence-electron chi connectivity index (χ1n) is 10.9. The summed E-state index contributed by atoms with van der Waals surface area (Å²) in [5.41, 5.74) is 0.873. The van der Waals surface area contributed by atoms with Crippen molar-refractivity contribution in [3.8, 4) is 11.5 Å².